The normalized spacial score (nSPS) is 18.6. The lowest BCUT2D eigenvalue weighted by Crippen LogP contribution is -2.58. The van der Waals surface area contributed by atoms with Gasteiger partial charge in [-0.1, -0.05) is 0 Å². The molecule has 2 aliphatic rings. The van der Waals surface area contributed by atoms with E-state index in [1.54, 1.807) is 13.3 Å². The van der Waals surface area contributed by atoms with Crippen LogP contribution in [0.5, 0.6) is 0 Å². The zero-order valence-electron chi connectivity index (χ0n) is 16.2. The Kier molecular flexibility index (Phi) is 4.28. The summed E-state index contributed by atoms with van der Waals surface area (Å²) in [7, 11) is 0. The van der Waals surface area contributed by atoms with Crippen LogP contribution in [0.1, 0.15) is 54.3 Å². The SMILES string of the molecule is CCn1nc(C(=O)N2CCC3(CC2)c2nc[nH]c2CCN3C(C)=O)cc1C. The molecular formula is C19H26N6O2. The van der Waals surface area contributed by atoms with Gasteiger partial charge in [0.25, 0.3) is 5.91 Å². The Labute approximate surface area is 158 Å². The standard InChI is InChI=1S/C19H26N6O2/c1-4-25-13(2)11-16(22-25)18(27)23-9-6-19(7-10-23)17-15(20-12-21-17)5-8-24(19)14(3)26/h11-12H,4-10H2,1-3H3,(H,20,21). The summed E-state index contributed by atoms with van der Waals surface area (Å²) in [5.74, 6) is 0.0355. The number of nitrogens with one attached hydrogen (secondary N) is 1. The van der Waals surface area contributed by atoms with E-state index in [0.29, 0.717) is 38.2 Å². The Balaban J connectivity index is 1.57. The Morgan fingerprint density at radius 3 is 2.63 bits per heavy atom. The largest absolute Gasteiger partial charge is 0.348 e. The lowest BCUT2D eigenvalue weighted by atomic mass is 9.78. The summed E-state index contributed by atoms with van der Waals surface area (Å²) < 4.78 is 1.84. The van der Waals surface area contributed by atoms with Gasteiger partial charge in [0.2, 0.25) is 5.91 Å². The minimum absolute atomic E-state index is 0.0346. The first-order valence-electron chi connectivity index (χ1n) is 9.61. The second kappa shape index (κ2) is 6.51. The number of fused-ring (bicyclic) bond motifs is 2. The number of imidazole rings is 1. The summed E-state index contributed by atoms with van der Waals surface area (Å²) in [5.41, 5.74) is 3.17. The Morgan fingerprint density at radius 2 is 2.00 bits per heavy atom. The van der Waals surface area contributed by atoms with Gasteiger partial charge in [-0.05, 0) is 32.8 Å². The lowest BCUT2D eigenvalue weighted by molar-refractivity contribution is -0.139. The minimum atomic E-state index is -0.408. The van der Waals surface area contributed by atoms with E-state index >= 15 is 0 Å². The molecule has 0 unspecified atom stereocenters. The van der Waals surface area contributed by atoms with Crippen LogP contribution in [0.25, 0.3) is 0 Å². The lowest BCUT2D eigenvalue weighted by Gasteiger charge is -2.50. The molecule has 2 amide bonds. The van der Waals surface area contributed by atoms with Crippen LogP contribution in [0.4, 0.5) is 0 Å². The van der Waals surface area contributed by atoms with E-state index in [4.69, 9.17) is 0 Å². The maximum atomic E-state index is 12.9. The molecule has 1 spiro atoms. The van der Waals surface area contributed by atoms with Crippen molar-refractivity contribution in [2.75, 3.05) is 19.6 Å². The van der Waals surface area contributed by atoms with Crippen LogP contribution in [0, 0.1) is 6.92 Å². The topological polar surface area (TPSA) is 87.1 Å². The molecule has 4 rings (SSSR count). The van der Waals surface area contributed by atoms with E-state index in [1.165, 1.54) is 0 Å². The van der Waals surface area contributed by atoms with E-state index < -0.39 is 5.54 Å². The number of hydrogen-bond acceptors (Lipinski definition) is 4. The van der Waals surface area contributed by atoms with Crippen LogP contribution in [-0.4, -0.2) is 61.0 Å². The van der Waals surface area contributed by atoms with Crippen molar-refractivity contribution in [3.8, 4) is 0 Å². The number of aromatic nitrogens is 4. The van der Waals surface area contributed by atoms with Gasteiger partial charge in [0.1, 0.15) is 0 Å². The molecule has 0 bridgehead atoms. The fourth-order valence-electron chi connectivity index (χ4n) is 4.62. The highest BCUT2D eigenvalue weighted by Crippen LogP contribution is 2.42. The second-order valence-electron chi connectivity index (χ2n) is 7.46. The molecule has 2 aromatic rings. The fraction of sp³-hybridized carbons (Fsp3) is 0.579. The van der Waals surface area contributed by atoms with Gasteiger partial charge in [-0.15, -0.1) is 0 Å². The highest BCUT2D eigenvalue weighted by Gasteiger charge is 2.48. The molecule has 1 saturated heterocycles. The van der Waals surface area contributed by atoms with Gasteiger partial charge in [-0.2, -0.15) is 5.10 Å². The summed E-state index contributed by atoms with van der Waals surface area (Å²) in [6, 6.07) is 1.85. The number of carbonyl (C=O) groups is 2. The van der Waals surface area contributed by atoms with Crippen LogP contribution in [0.15, 0.2) is 12.4 Å². The van der Waals surface area contributed by atoms with E-state index in [2.05, 4.69) is 15.1 Å². The highest BCUT2D eigenvalue weighted by atomic mass is 16.2. The highest BCUT2D eigenvalue weighted by molar-refractivity contribution is 5.92. The molecule has 27 heavy (non-hydrogen) atoms. The third kappa shape index (κ3) is 2.74. The van der Waals surface area contributed by atoms with Gasteiger partial charge in [-0.25, -0.2) is 4.98 Å². The molecule has 0 atom stereocenters. The number of carbonyl (C=O) groups excluding carboxylic acids is 2. The quantitative estimate of drug-likeness (QED) is 0.867. The Bertz CT molecular complexity index is 875. The fourth-order valence-corrected chi connectivity index (χ4v) is 4.62. The zero-order chi connectivity index (χ0) is 19.2. The van der Waals surface area contributed by atoms with Gasteiger partial charge in [-0.3, -0.25) is 14.3 Å². The predicted molar refractivity (Wildman–Crippen MR) is 99.1 cm³/mol. The molecular weight excluding hydrogens is 344 g/mol. The molecule has 0 radical (unpaired) electrons. The number of aromatic amines is 1. The minimum Gasteiger partial charge on any atom is -0.348 e. The number of rotatable bonds is 2. The molecule has 2 aromatic heterocycles. The van der Waals surface area contributed by atoms with Crippen molar-refractivity contribution in [1.29, 1.82) is 0 Å². The number of aryl methyl sites for hydroxylation is 2. The van der Waals surface area contributed by atoms with Crippen LogP contribution in [-0.2, 0) is 23.3 Å². The third-order valence-electron chi connectivity index (χ3n) is 6.02. The molecule has 4 heterocycles. The van der Waals surface area contributed by atoms with E-state index in [-0.39, 0.29) is 11.8 Å². The maximum Gasteiger partial charge on any atom is 0.274 e. The van der Waals surface area contributed by atoms with E-state index in [9.17, 15) is 9.59 Å². The summed E-state index contributed by atoms with van der Waals surface area (Å²) >= 11 is 0. The molecule has 8 heteroatoms. The van der Waals surface area contributed by atoms with Crippen molar-refractivity contribution in [2.45, 2.75) is 52.1 Å². The number of amides is 2. The first-order valence-corrected chi connectivity index (χ1v) is 9.61. The Morgan fingerprint density at radius 1 is 1.26 bits per heavy atom. The van der Waals surface area contributed by atoms with Crippen LogP contribution >= 0.6 is 0 Å². The maximum absolute atomic E-state index is 12.9. The van der Waals surface area contributed by atoms with Crippen LogP contribution in [0.3, 0.4) is 0 Å². The Hall–Kier alpha value is -2.64. The van der Waals surface area contributed by atoms with Crippen molar-refractivity contribution in [1.82, 2.24) is 29.5 Å². The molecule has 0 aromatic carbocycles. The van der Waals surface area contributed by atoms with Crippen LogP contribution < -0.4 is 0 Å². The average molecular weight is 370 g/mol. The summed E-state index contributed by atoms with van der Waals surface area (Å²) in [6.07, 6.45) is 3.91. The summed E-state index contributed by atoms with van der Waals surface area (Å²) in [6.45, 7) is 8.22. The van der Waals surface area contributed by atoms with Crippen LogP contribution in [0.2, 0.25) is 0 Å². The van der Waals surface area contributed by atoms with Crippen molar-refractivity contribution in [3.05, 3.63) is 35.2 Å². The van der Waals surface area contributed by atoms with Crippen molar-refractivity contribution < 1.29 is 9.59 Å². The monoisotopic (exact) mass is 370 g/mol. The van der Waals surface area contributed by atoms with Crippen molar-refractivity contribution in [3.63, 3.8) is 0 Å². The smallest absolute Gasteiger partial charge is 0.274 e. The third-order valence-corrected chi connectivity index (χ3v) is 6.02. The van der Waals surface area contributed by atoms with E-state index in [0.717, 1.165) is 30.0 Å². The first kappa shape index (κ1) is 17.8. The van der Waals surface area contributed by atoms with Crippen molar-refractivity contribution >= 4 is 11.8 Å². The molecule has 144 valence electrons. The number of H-pyrrole nitrogens is 1. The van der Waals surface area contributed by atoms with Crippen molar-refractivity contribution in [2.24, 2.45) is 0 Å². The number of nitrogens with zero attached hydrogens (tertiary/aromatic N) is 5. The molecule has 1 N–H and O–H groups in total. The van der Waals surface area contributed by atoms with Gasteiger partial charge >= 0.3 is 0 Å². The molecule has 0 saturated carbocycles. The zero-order valence-corrected chi connectivity index (χ0v) is 16.2. The van der Waals surface area contributed by atoms with Gasteiger partial charge in [0.05, 0.1) is 17.6 Å². The molecule has 0 aliphatic carbocycles. The average Bonchev–Trinajstić information content (AvgIpc) is 3.28. The predicted octanol–water partition coefficient (Wildman–Crippen LogP) is 1.47. The number of likely N-dealkylation sites (tertiary alicyclic amines) is 1. The molecule has 2 aliphatic heterocycles. The molecule has 1 fully saturated rings. The van der Waals surface area contributed by atoms with Gasteiger partial charge in [0, 0.05) is 50.9 Å². The second-order valence-corrected chi connectivity index (χ2v) is 7.46. The summed E-state index contributed by atoms with van der Waals surface area (Å²) in [5, 5.41) is 4.42. The van der Waals surface area contributed by atoms with Gasteiger partial charge in [0.15, 0.2) is 5.69 Å². The number of hydrogen-bond donors (Lipinski definition) is 1. The van der Waals surface area contributed by atoms with E-state index in [1.807, 2.05) is 34.4 Å². The summed E-state index contributed by atoms with van der Waals surface area (Å²) in [4.78, 5) is 36.8. The first-order chi connectivity index (χ1) is 13.0. The molecule has 8 nitrogen and oxygen atoms in total. The van der Waals surface area contributed by atoms with Gasteiger partial charge < -0.3 is 14.8 Å². The number of piperidine rings is 1.